The smallest absolute Gasteiger partial charge is 0.282 e. The van der Waals surface area contributed by atoms with Crippen molar-refractivity contribution in [2.45, 2.75) is 11.8 Å². The second kappa shape index (κ2) is 5.81. The lowest BCUT2D eigenvalue weighted by Gasteiger charge is -2.04. The van der Waals surface area contributed by atoms with Crippen LogP contribution in [0.4, 0.5) is 0 Å². The van der Waals surface area contributed by atoms with Crippen LogP contribution in [0.3, 0.4) is 0 Å². The van der Waals surface area contributed by atoms with Crippen molar-refractivity contribution in [2.24, 2.45) is 4.40 Å². The number of benzene rings is 2. The molecule has 0 atom stereocenters. The molecule has 3 aromatic rings. The molecule has 0 aliphatic heterocycles. The van der Waals surface area contributed by atoms with Gasteiger partial charge in [-0.2, -0.15) is 12.8 Å². The fraction of sp³-hybridized carbons (Fsp3) is 0.0588. The average Bonchev–Trinajstić information content (AvgIpc) is 2.55. The summed E-state index contributed by atoms with van der Waals surface area (Å²) in [7, 11) is -3.85. The number of fused-ring (bicyclic) bond motifs is 1. The summed E-state index contributed by atoms with van der Waals surface area (Å²) in [6.45, 7) is 1.41. The average molecular weight is 326 g/mol. The van der Waals surface area contributed by atoms with E-state index < -0.39 is 10.0 Å². The quantitative estimate of drug-likeness (QED) is 0.752. The lowest BCUT2D eigenvalue weighted by atomic mass is 10.1. The number of nitrogens with one attached hydrogen (secondary N) is 1. The lowest BCUT2D eigenvalue weighted by molar-refractivity contribution is 0.101. The topological polar surface area (TPSA) is 79.4 Å². The van der Waals surface area contributed by atoms with Gasteiger partial charge in [0.1, 0.15) is 0 Å². The summed E-state index contributed by atoms with van der Waals surface area (Å²) < 4.78 is 28.9. The van der Waals surface area contributed by atoms with E-state index in [2.05, 4.69) is 9.38 Å². The number of carbonyl (C=O) groups excluding carboxylic acids is 1. The van der Waals surface area contributed by atoms with Crippen molar-refractivity contribution in [1.82, 2.24) is 4.98 Å². The molecule has 6 heteroatoms. The van der Waals surface area contributed by atoms with Crippen LogP contribution in [-0.4, -0.2) is 19.2 Å². The van der Waals surface area contributed by atoms with E-state index in [4.69, 9.17) is 0 Å². The Morgan fingerprint density at radius 2 is 1.65 bits per heavy atom. The van der Waals surface area contributed by atoms with Crippen LogP contribution in [-0.2, 0) is 10.0 Å². The Balaban J connectivity index is 2.33. The standard InChI is InChI=1S/C17H14N2O3S/c1-12(20)16-11-17(14-9-5-6-10-15(14)18-16)19-23(21,22)13-7-3-2-4-8-13/h2-11H,1H3,(H,18,19). The van der Waals surface area contributed by atoms with Crippen LogP contribution in [0.25, 0.3) is 10.9 Å². The molecule has 23 heavy (non-hydrogen) atoms. The molecular weight excluding hydrogens is 312 g/mol. The zero-order valence-electron chi connectivity index (χ0n) is 12.4. The third kappa shape index (κ3) is 3.07. The molecule has 3 rings (SSSR count). The molecule has 1 aromatic heterocycles. The molecule has 1 heterocycles. The predicted octanol–water partition coefficient (Wildman–Crippen LogP) is 2.66. The highest BCUT2D eigenvalue weighted by atomic mass is 32.2. The monoisotopic (exact) mass is 326 g/mol. The molecule has 2 aromatic carbocycles. The lowest BCUT2D eigenvalue weighted by Crippen LogP contribution is -2.13. The van der Waals surface area contributed by atoms with Crippen molar-refractivity contribution in [3.05, 3.63) is 71.7 Å². The molecule has 1 N–H and O–H groups in total. The van der Waals surface area contributed by atoms with E-state index in [1.807, 2.05) is 0 Å². The second-order valence-corrected chi connectivity index (χ2v) is 6.65. The van der Waals surface area contributed by atoms with Gasteiger partial charge in [0.25, 0.3) is 10.0 Å². The van der Waals surface area contributed by atoms with Gasteiger partial charge in [-0.1, -0.05) is 36.4 Å². The van der Waals surface area contributed by atoms with Gasteiger partial charge in [-0.05, 0) is 24.3 Å². The molecular formula is C17H14N2O3S. The van der Waals surface area contributed by atoms with Crippen LogP contribution < -0.4 is 5.36 Å². The van der Waals surface area contributed by atoms with E-state index in [0.29, 0.717) is 16.6 Å². The molecule has 0 aliphatic carbocycles. The van der Waals surface area contributed by atoms with E-state index in [-0.39, 0.29) is 16.0 Å². The highest BCUT2D eigenvalue weighted by Crippen LogP contribution is 2.13. The largest absolute Gasteiger partial charge is 0.352 e. The first-order valence-corrected chi connectivity index (χ1v) is 8.40. The van der Waals surface area contributed by atoms with Gasteiger partial charge >= 0.3 is 0 Å². The molecule has 0 radical (unpaired) electrons. The van der Waals surface area contributed by atoms with Gasteiger partial charge in [-0.15, -0.1) is 0 Å². The summed E-state index contributed by atoms with van der Waals surface area (Å²) in [6, 6.07) is 16.6. The summed E-state index contributed by atoms with van der Waals surface area (Å²) in [6.07, 6.45) is 0. The summed E-state index contributed by atoms with van der Waals surface area (Å²) in [5.41, 5.74) is 0.966. The number of rotatable bonds is 3. The number of H-pyrrole nitrogens is 1. The number of aromatic nitrogens is 1. The van der Waals surface area contributed by atoms with Crippen molar-refractivity contribution in [2.75, 3.05) is 0 Å². The predicted molar refractivity (Wildman–Crippen MR) is 87.5 cm³/mol. The number of hydrogen-bond acceptors (Lipinski definition) is 3. The highest BCUT2D eigenvalue weighted by molar-refractivity contribution is 7.90. The van der Waals surface area contributed by atoms with Crippen molar-refractivity contribution in [3.63, 3.8) is 0 Å². The number of hydrogen-bond donors (Lipinski definition) is 1. The molecule has 0 spiro atoms. The van der Waals surface area contributed by atoms with Crippen LogP contribution in [0.5, 0.6) is 0 Å². The SMILES string of the molecule is CC(=O)c1cc(=NS(=O)(=O)c2ccccc2)c2ccccc2[nH]1. The normalized spacial score (nSPS) is 12.5. The van der Waals surface area contributed by atoms with Gasteiger partial charge in [-0.25, -0.2) is 0 Å². The molecule has 0 saturated heterocycles. The van der Waals surface area contributed by atoms with Crippen molar-refractivity contribution in [3.8, 4) is 0 Å². The second-order valence-electron chi connectivity index (χ2n) is 5.05. The molecule has 0 aliphatic rings. The van der Waals surface area contributed by atoms with Crippen LogP contribution in [0, 0.1) is 0 Å². The maximum absolute atomic E-state index is 12.5. The summed E-state index contributed by atoms with van der Waals surface area (Å²) in [5.74, 6) is -0.190. The van der Waals surface area contributed by atoms with Crippen molar-refractivity contribution in [1.29, 1.82) is 0 Å². The Morgan fingerprint density at radius 3 is 2.35 bits per heavy atom. The number of pyridine rings is 1. The van der Waals surface area contributed by atoms with Crippen LogP contribution in [0.15, 0.2) is 70.0 Å². The Bertz CT molecular complexity index is 1050. The van der Waals surface area contributed by atoms with Crippen LogP contribution >= 0.6 is 0 Å². The van der Waals surface area contributed by atoms with E-state index in [0.717, 1.165) is 0 Å². The highest BCUT2D eigenvalue weighted by Gasteiger charge is 2.12. The van der Waals surface area contributed by atoms with Gasteiger partial charge < -0.3 is 4.98 Å². The Kier molecular flexibility index (Phi) is 3.83. The molecule has 5 nitrogen and oxygen atoms in total. The fourth-order valence-corrected chi connectivity index (χ4v) is 3.27. The van der Waals surface area contributed by atoms with Gasteiger partial charge in [0, 0.05) is 17.8 Å². The number of aromatic amines is 1. The summed E-state index contributed by atoms with van der Waals surface area (Å²) >= 11 is 0. The number of Topliss-reactive ketones (excluding diaryl/α,β-unsaturated/α-hetero) is 1. The number of nitrogens with zero attached hydrogens (tertiary/aromatic N) is 1. The van der Waals surface area contributed by atoms with Gasteiger partial charge in [0.05, 0.1) is 15.9 Å². The first-order valence-electron chi connectivity index (χ1n) is 6.96. The molecule has 116 valence electrons. The number of ketones is 1. The Hall–Kier alpha value is -2.73. The van der Waals surface area contributed by atoms with Gasteiger partial charge in [-0.3, -0.25) is 4.79 Å². The van der Waals surface area contributed by atoms with Crippen LogP contribution in [0.2, 0.25) is 0 Å². The molecule has 0 fully saturated rings. The maximum atomic E-state index is 12.5. The maximum Gasteiger partial charge on any atom is 0.282 e. The van der Waals surface area contributed by atoms with E-state index in [9.17, 15) is 13.2 Å². The van der Waals surface area contributed by atoms with Gasteiger partial charge in [0.2, 0.25) is 0 Å². The first-order chi connectivity index (χ1) is 11.0. The Labute approximate surface area is 133 Å². The molecule has 0 bridgehead atoms. The number of sulfonamides is 1. The minimum absolute atomic E-state index is 0.112. The number of carbonyl (C=O) groups is 1. The third-order valence-corrected chi connectivity index (χ3v) is 4.70. The van der Waals surface area contributed by atoms with Crippen LogP contribution in [0.1, 0.15) is 17.4 Å². The van der Waals surface area contributed by atoms with E-state index >= 15 is 0 Å². The van der Waals surface area contributed by atoms with Crippen molar-refractivity contribution >= 4 is 26.7 Å². The molecule has 0 unspecified atom stereocenters. The summed E-state index contributed by atoms with van der Waals surface area (Å²) in [5, 5.41) is 0.880. The zero-order chi connectivity index (χ0) is 16.4. The minimum atomic E-state index is -3.85. The summed E-state index contributed by atoms with van der Waals surface area (Å²) in [4.78, 5) is 14.8. The van der Waals surface area contributed by atoms with Crippen molar-refractivity contribution < 1.29 is 13.2 Å². The third-order valence-electron chi connectivity index (χ3n) is 3.39. The van der Waals surface area contributed by atoms with Gasteiger partial charge in [0.15, 0.2) is 5.78 Å². The fourth-order valence-electron chi connectivity index (χ4n) is 2.25. The first kappa shape index (κ1) is 15.2. The zero-order valence-corrected chi connectivity index (χ0v) is 13.2. The number of para-hydroxylation sites is 1. The minimum Gasteiger partial charge on any atom is -0.352 e. The molecule has 0 saturated carbocycles. The van der Waals surface area contributed by atoms with E-state index in [1.165, 1.54) is 25.1 Å². The van der Waals surface area contributed by atoms with E-state index in [1.54, 1.807) is 42.5 Å². The molecule has 0 amide bonds. The Morgan fingerprint density at radius 1 is 1.00 bits per heavy atom.